The Balaban J connectivity index is 1.52. The molecule has 6 heteroatoms. The molecule has 1 saturated heterocycles. The maximum atomic E-state index is 5.34. The van der Waals surface area contributed by atoms with Crippen molar-refractivity contribution in [2.75, 3.05) is 23.3 Å². The number of nitrogens with zero attached hydrogens (tertiary/aromatic N) is 3. The molecule has 1 fully saturated rings. The maximum Gasteiger partial charge on any atom is 0.171 e. The Hall–Kier alpha value is -2.21. The number of hydrogen-bond acceptors (Lipinski definition) is 4. The summed E-state index contributed by atoms with van der Waals surface area (Å²) in [6.07, 6.45) is 6.73. The van der Waals surface area contributed by atoms with Gasteiger partial charge in [-0.2, -0.15) is 0 Å². The SMILES string of the molecule is C[C@@H]1C[C@@H](C)CN(c2ccc(NC(=S)NCc3cccnc3)cn2)C1. The van der Waals surface area contributed by atoms with Gasteiger partial charge in [-0.15, -0.1) is 0 Å². The van der Waals surface area contributed by atoms with E-state index in [1.807, 2.05) is 30.6 Å². The third-order valence-corrected chi connectivity index (χ3v) is 4.62. The van der Waals surface area contributed by atoms with Gasteiger partial charge in [0.05, 0.1) is 11.9 Å². The molecular weight excluding hydrogens is 330 g/mol. The summed E-state index contributed by atoms with van der Waals surface area (Å²) in [6.45, 7) is 7.43. The van der Waals surface area contributed by atoms with E-state index in [1.165, 1.54) is 6.42 Å². The van der Waals surface area contributed by atoms with Gasteiger partial charge in [0, 0.05) is 32.0 Å². The lowest BCUT2D eigenvalue weighted by Gasteiger charge is -2.35. The topological polar surface area (TPSA) is 53.1 Å². The highest BCUT2D eigenvalue weighted by Gasteiger charge is 2.22. The fourth-order valence-corrected chi connectivity index (χ4v) is 3.55. The first kappa shape index (κ1) is 17.6. The minimum atomic E-state index is 0.582. The lowest BCUT2D eigenvalue weighted by Crippen LogP contribution is -2.39. The maximum absolute atomic E-state index is 5.34. The van der Waals surface area contributed by atoms with Crippen LogP contribution in [-0.2, 0) is 6.54 Å². The summed E-state index contributed by atoms with van der Waals surface area (Å²) in [5.74, 6) is 2.47. The van der Waals surface area contributed by atoms with Crippen LogP contribution < -0.4 is 15.5 Å². The zero-order valence-electron chi connectivity index (χ0n) is 14.8. The summed E-state index contributed by atoms with van der Waals surface area (Å²) in [5.41, 5.74) is 1.99. The van der Waals surface area contributed by atoms with Gasteiger partial charge < -0.3 is 15.5 Å². The van der Waals surface area contributed by atoms with Gasteiger partial charge in [0.1, 0.15) is 5.82 Å². The van der Waals surface area contributed by atoms with Crippen LogP contribution in [0.15, 0.2) is 42.9 Å². The molecule has 2 N–H and O–H groups in total. The Bertz CT molecular complexity index is 679. The van der Waals surface area contributed by atoms with Crippen LogP contribution in [-0.4, -0.2) is 28.2 Å². The first-order valence-electron chi connectivity index (χ1n) is 8.75. The van der Waals surface area contributed by atoms with Gasteiger partial charge in [0.15, 0.2) is 5.11 Å². The smallest absolute Gasteiger partial charge is 0.171 e. The van der Waals surface area contributed by atoms with E-state index in [9.17, 15) is 0 Å². The zero-order chi connectivity index (χ0) is 17.6. The van der Waals surface area contributed by atoms with Crippen LogP contribution in [0, 0.1) is 11.8 Å². The van der Waals surface area contributed by atoms with E-state index in [2.05, 4.69) is 45.4 Å². The molecule has 0 unspecified atom stereocenters. The van der Waals surface area contributed by atoms with E-state index in [4.69, 9.17) is 12.2 Å². The fraction of sp³-hybridized carbons (Fsp3) is 0.421. The van der Waals surface area contributed by atoms with E-state index in [1.54, 1.807) is 6.20 Å². The standard InChI is InChI=1S/C19H25N5S/c1-14-8-15(2)13-24(12-14)18-6-5-17(11-21-18)23-19(25)22-10-16-4-3-7-20-9-16/h3-7,9,11,14-15H,8,10,12-13H2,1-2H3,(H2,22,23,25)/t14-,15-/m1/s1. The van der Waals surface area contributed by atoms with Crippen LogP contribution >= 0.6 is 12.2 Å². The number of thiocarbonyl (C=S) groups is 1. The summed E-state index contributed by atoms with van der Waals surface area (Å²) in [7, 11) is 0. The summed E-state index contributed by atoms with van der Waals surface area (Å²) < 4.78 is 0. The number of nitrogens with one attached hydrogen (secondary N) is 2. The molecular formula is C19H25N5S. The Kier molecular flexibility index (Phi) is 5.81. The first-order chi connectivity index (χ1) is 12.1. The molecule has 2 aromatic heterocycles. The molecule has 0 aliphatic carbocycles. The monoisotopic (exact) mass is 355 g/mol. The van der Waals surface area contributed by atoms with Gasteiger partial charge in [0.25, 0.3) is 0 Å². The summed E-state index contributed by atoms with van der Waals surface area (Å²) in [6, 6.07) is 8.03. The molecule has 0 amide bonds. The predicted octanol–water partition coefficient (Wildman–Crippen LogP) is 3.45. The van der Waals surface area contributed by atoms with Crippen molar-refractivity contribution >= 4 is 28.8 Å². The predicted molar refractivity (Wildman–Crippen MR) is 107 cm³/mol. The van der Waals surface area contributed by atoms with Crippen molar-refractivity contribution in [1.82, 2.24) is 15.3 Å². The number of hydrogen-bond donors (Lipinski definition) is 2. The summed E-state index contributed by atoms with van der Waals surface area (Å²) in [5, 5.41) is 6.94. The van der Waals surface area contributed by atoms with Gasteiger partial charge in [-0.1, -0.05) is 19.9 Å². The molecule has 0 aromatic carbocycles. The molecule has 25 heavy (non-hydrogen) atoms. The summed E-state index contributed by atoms with van der Waals surface area (Å²) in [4.78, 5) is 11.1. The van der Waals surface area contributed by atoms with Gasteiger partial charge in [0.2, 0.25) is 0 Å². The Labute approximate surface area is 154 Å². The van der Waals surface area contributed by atoms with Crippen LogP contribution in [0.25, 0.3) is 0 Å². The van der Waals surface area contributed by atoms with Gasteiger partial charge in [-0.3, -0.25) is 4.98 Å². The van der Waals surface area contributed by atoms with Gasteiger partial charge in [-0.05, 0) is 54.2 Å². The van der Waals surface area contributed by atoms with Crippen LogP contribution in [0.4, 0.5) is 11.5 Å². The van der Waals surface area contributed by atoms with Crippen LogP contribution in [0.5, 0.6) is 0 Å². The molecule has 0 spiro atoms. The number of rotatable bonds is 4. The molecule has 132 valence electrons. The Morgan fingerprint density at radius 1 is 1.20 bits per heavy atom. The van der Waals surface area contributed by atoms with Crippen molar-refractivity contribution in [2.24, 2.45) is 11.8 Å². The molecule has 0 bridgehead atoms. The normalized spacial score (nSPS) is 20.2. The van der Waals surface area contributed by atoms with Crippen molar-refractivity contribution in [3.8, 4) is 0 Å². The van der Waals surface area contributed by atoms with E-state index < -0.39 is 0 Å². The summed E-state index contributed by atoms with van der Waals surface area (Å²) >= 11 is 5.34. The van der Waals surface area contributed by atoms with Gasteiger partial charge in [-0.25, -0.2) is 4.98 Å². The second-order valence-corrected chi connectivity index (χ2v) is 7.33. The minimum Gasteiger partial charge on any atom is -0.358 e. The second kappa shape index (κ2) is 8.25. The van der Waals surface area contributed by atoms with Crippen molar-refractivity contribution < 1.29 is 0 Å². The quantitative estimate of drug-likeness (QED) is 0.820. The van der Waals surface area contributed by atoms with Crippen molar-refractivity contribution in [3.05, 3.63) is 48.4 Å². The average Bonchev–Trinajstić information content (AvgIpc) is 2.61. The Morgan fingerprint density at radius 2 is 2.00 bits per heavy atom. The zero-order valence-corrected chi connectivity index (χ0v) is 15.6. The first-order valence-corrected chi connectivity index (χ1v) is 9.15. The van der Waals surface area contributed by atoms with Gasteiger partial charge >= 0.3 is 0 Å². The van der Waals surface area contributed by atoms with Crippen LogP contribution in [0.2, 0.25) is 0 Å². The average molecular weight is 356 g/mol. The molecule has 3 rings (SSSR count). The third kappa shape index (κ3) is 5.13. The minimum absolute atomic E-state index is 0.582. The number of piperidine rings is 1. The van der Waals surface area contributed by atoms with Crippen molar-refractivity contribution in [1.29, 1.82) is 0 Å². The molecule has 5 nitrogen and oxygen atoms in total. The largest absolute Gasteiger partial charge is 0.358 e. The molecule has 0 radical (unpaired) electrons. The highest BCUT2D eigenvalue weighted by Crippen LogP contribution is 2.25. The highest BCUT2D eigenvalue weighted by atomic mass is 32.1. The molecule has 3 heterocycles. The van der Waals surface area contributed by atoms with E-state index in [0.29, 0.717) is 23.5 Å². The van der Waals surface area contributed by atoms with Crippen molar-refractivity contribution in [2.45, 2.75) is 26.8 Å². The molecule has 1 aliphatic rings. The van der Waals surface area contributed by atoms with Crippen LogP contribution in [0.1, 0.15) is 25.8 Å². The van der Waals surface area contributed by atoms with E-state index in [-0.39, 0.29) is 0 Å². The number of aromatic nitrogens is 2. The van der Waals surface area contributed by atoms with Crippen LogP contribution in [0.3, 0.4) is 0 Å². The lowest BCUT2D eigenvalue weighted by atomic mass is 9.92. The molecule has 2 aromatic rings. The molecule has 1 aliphatic heterocycles. The number of pyridine rings is 2. The van der Waals surface area contributed by atoms with E-state index >= 15 is 0 Å². The highest BCUT2D eigenvalue weighted by molar-refractivity contribution is 7.80. The van der Waals surface area contributed by atoms with Crippen molar-refractivity contribution in [3.63, 3.8) is 0 Å². The fourth-order valence-electron chi connectivity index (χ4n) is 3.36. The molecule has 2 atom stereocenters. The number of anilines is 2. The second-order valence-electron chi connectivity index (χ2n) is 6.93. The lowest BCUT2D eigenvalue weighted by molar-refractivity contribution is 0.355. The Morgan fingerprint density at radius 3 is 2.64 bits per heavy atom. The molecule has 0 saturated carbocycles. The van der Waals surface area contributed by atoms with E-state index in [0.717, 1.165) is 30.2 Å². The third-order valence-electron chi connectivity index (χ3n) is 4.37.